The highest BCUT2D eigenvalue weighted by Gasteiger charge is 2.15. The average molecular weight is 394 g/mol. The van der Waals surface area contributed by atoms with Crippen LogP contribution in [0.4, 0.5) is 5.69 Å². The van der Waals surface area contributed by atoms with Crippen LogP contribution in [0.5, 0.6) is 0 Å². The lowest BCUT2D eigenvalue weighted by atomic mass is 10.1. The molecule has 0 saturated heterocycles. The maximum atomic E-state index is 12.9. The fourth-order valence-corrected chi connectivity index (χ4v) is 3.68. The Morgan fingerprint density at radius 3 is 2.61 bits per heavy atom. The van der Waals surface area contributed by atoms with Gasteiger partial charge < -0.3 is 10.6 Å². The van der Waals surface area contributed by atoms with Crippen LogP contribution in [0.25, 0.3) is 10.9 Å². The number of carbonyl (C=O) groups excluding carboxylic acids is 2. The van der Waals surface area contributed by atoms with Crippen LogP contribution in [-0.4, -0.2) is 28.6 Å². The molecule has 0 atom stereocenters. The van der Waals surface area contributed by atoms with Crippen LogP contribution < -0.4 is 10.6 Å². The summed E-state index contributed by atoms with van der Waals surface area (Å²) in [4.78, 5) is 30.2. The summed E-state index contributed by atoms with van der Waals surface area (Å²) in [6.45, 7) is 5.76. The van der Waals surface area contributed by atoms with Gasteiger partial charge in [-0.3, -0.25) is 14.6 Å². The van der Waals surface area contributed by atoms with E-state index >= 15 is 0 Å². The number of nitrogens with one attached hydrogen (secondary N) is 2. The van der Waals surface area contributed by atoms with Gasteiger partial charge in [-0.05, 0) is 45.0 Å². The predicted molar refractivity (Wildman–Crippen MR) is 115 cm³/mol. The van der Waals surface area contributed by atoms with Crippen molar-refractivity contribution in [1.82, 2.24) is 10.3 Å². The first kappa shape index (κ1) is 19.9. The highest BCUT2D eigenvalue weighted by molar-refractivity contribution is 8.00. The Hall–Kier alpha value is -2.86. The number of hydrogen-bond acceptors (Lipinski definition) is 4. The van der Waals surface area contributed by atoms with E-state index in [0.29, 0.717) is 11.3 Å². The molecule has 28 heavy (non-hydrogen) atoms. The molecular weight excluding hydrogens is 370 g/mol. The Morgan fingerprint density at radius 2 is 1.82 bits per heavy atom. The molecule has 0 bridgehead atoms. The largest absolute Gasteiger partial charge is 0.353 e. The number of anilines is 1. The van der Waals surface area contributed by atoms with Crippen molar-refractivity contribution in [2.75, 3.05) is 11.1 Å². The fourth-order valence-electron chi connectivity index (χ4n) is 2.82. The monoisotopic (exact) mass is 393 g/mol. The molecule has 2 amide bonds. The smallest absolute Gasteiger partial charge is 0.256 e. The van der Waals surface area contributed by atoms with Gasteiger partial charge in [0.25, 0.3) is 5.91 Å². The van der Waals surface area contributed by atoms with E-state index < -0.39 is 0 Å². The molecule has 1 aromatic heterocycles. The maximum Gasteiger partial charge on any atom is 0.256 e. The number of rotatable bonds is 6. The number of aromatic nitrogens is 1. The molecule has 144 valence electrons. The third-order valence-corrected chi connectivity index (χ3v) is 5.12. The summed E-state index contributed by atoms with van der Waals surface area (Å²) >= 11 is 1.35. The van der Waals surface area contributed by atoms with Crippen molar-refractivity contribution in [2.45, 2.75) is 31.7 Å². The molecule has 5 nitrogen and oxygen atoms in total. The lowest BCUT2D eigenvalue weighted by Crippen LogP contribution is -2.31. The second-order valence-corrected chi connectivity index (χ2v) is 7.81. The van der Waals surface area contributed by atoms with Gasteiger partial charge in [0, 0.05) is 22.0 Å². The van der Waals surface area contributed by atoms with Crippen LogP contribution in [0.2, 0.25) is 0 Å². The maximum absolute atomic E-state index is 12.9. The molecular formula is C22H23N3O2S. The Bertz CT molecular complexity index is 1020. The third kappa shape index (κ3) is 4.89. The molecule has 0 radical (unpaired) electrons. The molecule has 0 spiro atoms. The lowest BCUT2D eigenvalue weighted by Gasteiger charge is -2.12. The second-order valence-electron chi connectivity index (χ2n) is 6.79. The Kier molecular flexibility index (Phi) is 6.31. The molecule has 0 aliphatic carbocycles. The number of benzene rings is 2. The summed E-state index contributed by atoms with van der Waals surface area (Å²) in [6, 6.07) is 17.0. The number of aryl methyl sites for hydroxylation is 1. The quantitative estimate of drug-likeness (QED) is 0.609. The second kappa shape index (κ2) is 8.89. The predicted octanol–water partition coefficient (Wildman–Crippen LogP) is 4.41. The Morgan fingerprint density at radius 1 is 1.04 bits per heavy atom. The molecule has 0 aliphatic rings. The van der Waals surface area contributed by atoms with Crippen molar-refractivity contribution in [3.05, 3.63) is 65.9 Å². The van der Waals surface area contributed by atoms with E-state index in [9.17, 15) is 9.59 Å². The van der Waals surface area contributed by atoms with Gasteiger partial charge in [-0.2, -0.15) is 0 Å². The van der Waals surface area contributed by atoms with Gasteiger partial charge in [-0.25, -0.2) is 0 Å². The summed E-state index contributed by atoms with van der Waals surface area (Å²) in [5.74, 6) is -0.00979. The summed E-state index contributed by atoms with van der Waals surface area (Å²) in [5, 5.41) is 6.80. The number of hydrogen-bond donors (Lipinski definition) is 2. The number of fused-ring (bicyclic) bond motifs is 1. The van der Waals surface area contributed by atoms with Crippen LogP contribution in [0.3, 0.4) is 0 Å². The first-order valence-electron chi connectivity index (χ1n) is 9.13. The molecule has 0 aliphatic heterocycles. The van der Waals surface area contributed by atoms with Gasteiger partial charge in [0.05, 0.1) is 22.5 Å². The van der Waals surface area contributed by atoms with Gasteiger partial charge in [0.2, 0.25) is 5.91 Å². The first-order valence-corrected chi connectivity index (χ1v) is 10.1. The van der Waals surface area contributed by atoms with E-state index in [1.807, 2.05) is 69.3 Å². The molecule has 3 rings (SSSR count). The molecule has 2 aromatic carbocycles. The normalized spacial score (nSPS) is 10.9. The Balaban J connectivity index is 1.80. The number of para-hydroxylation sites is 1. The zero-order chi connectivity index (χ0) is 20.1. The number of pyridine rings is 1. The topological polar surface area (TPSA) is 71.1 Å². The first-order chi connectivity index (χ1) is 13.4. The molecule has 0 unspecified atom stereocenters. The van der Waals surface area contributed by atoms with Crippen molar-refractivity contribution in [3.8, 4) is 0 Å². The van der Waals surface area contributed by atoms with Gasteiger partial charge in [-0.15, -0.1) is 11.8 Å². The number of thioether (sulfide) groups is 1. The molecule has 2 N–H and O–H groups in total. The van der Waals surface area contributed by atoms with Crippen LogP contribution in [0, 0.1) is 6.92 Å². The van der Waals surface area contributed by atoms with Crippen molar-refractivity contribution in [2.24, 2.45) is 0 Å². The van der Waals surface area contributed by atoms with Crippen LogP contribution >= 0.6 is 11.8 Å². The number of amides is 2. The van der Waals surface area contributed by atoms with Crippen molar-refractivity contribution < 1.29 is 9.59 Å². The zero-order valence-corrected chi connectivity index (χ0v) is 17.0. The summed E-state index contributed by atoms with van der Waals surface area (Å²) in [5.41, 5.74) is 2.86. The molecule has 0 fully saturated rings. The van der Waals surface area contributed by atoms with Crippen LogP contribution in [-0.2, 0) is 4.79 Å². The van der Waals surface area contributed by atoms with E-state index in [4.69, 9.17) is 0 Å². The van der Waals surface area contributed by atoms with E-state index in [2.05, 4.69) is 15.6 Å². The van der Waals surface area contributed by atoms with E-state index in [0.717, 1.165) is 21.5 Å². The minimum atomic E-state index is -0.219. The van der Waals surface area contributed by atoms with Crippen molar-refractivity contribution in [3.63, 3.8) is 0 Å². The van der Waals surface area contributed by atoms with E-state index in [1.165, 1.54) is 11.8 Å². The fraction of sp³-hybridized carbons (Fsp3) is 0.227. The SMILES string of the molecule is Cc1ccc2cccc(NC(=O)c3ccccc3SCC(=O)NC(C)C)c2n1. The van der Waals surface area contributed by atoms with Gasteiger partial charge in [-0.1, -0.05) is 30.3 Å². The van der Waals surface area contributed by atoms with Gasteiger partial charge in [0.1, 0.15) is 0 Å². The number of carbonyl (C=O) groups is 2. The minimum absolute atomic E-state index is 0.0519. The molecule has 3 aromatic rings. The summed E-state index contributed by atoms with van der Waals surface area (Å²) in [6.07, 6.45) is 0. The van der Waals surface area contributed by atoms with Crippen LogP contribution in [0.15, 0.2) is 59.5 Å². The summed E-state index contributed by atoms with van der Waals surface area (Å²) in [7, 11) is 0. The average Bonchev–Trinajstić information content (AvgIpc) is 2.66. The summed E-state index contributed by atoms with van der Waals surface area (Å²) < 4.78 is 0. The van der Waals surface area contributed by atoms with E-state index in [1.54, 1.807) is 6.07 Å². The standard InChI is InChI=1S/C22H23N3O2S/c1-14(2)23-20(26)13-28-19-10-5-4-8-17(19)22(27)25-18-9-6-7-16-12-11-15(3)24-21(16)18/h4-12,14H,13H2,1-3H3,(H,23,26)(H,25,27). The van der Waals surface area contributed by atoms with Gasteiger partial charge in [0.15, 0.2) is 0 Å². The highest BCUT2D eigenvalue weighted by Crippen LogP contribution is 2.26. The third-order valence-electron chi connectivity index (χ3n) is 4.05. The van der Waals surface area contributed by atoms with E-state index in [-0.39, 0.29) is 23.6 Å². The number of nitrogens with zero attached hydrogens (tertiary/aromatic N) is 1. The molecule has 1 heterocycles. The molecule has 0 saturated carbocycles. The highest BCUT2D eigenvalue weighted by atomic mass is 32.2. The van der Waals surface area contributed by atoms with Crippen LogP contribution in [0.1, 0.15) is 29.9 Å². The van der Waals surface area contributed by atoms with Crippen molar-refractivity contribution in [1.29, 1.82) is 0 Å². The Labute approximate surface area is 168 Å². The zero-order valence-electron chi connectivity index (χ0n) is 16.2. The molecule has 6 heteroatoms. The minimum Gasteiger partial charge on any atom is -0.353 e. The van der Waals surface area contributed by atoms with Gasteiger partial charge >= 0.3 is 0 Å². The lowest BCUT2D eigenvalue weighted by molar-refractivity contribution is -0.119. The van der Waals surface area contributed by atoms with Crippen molar-refractivity contribution >= 4 is 40.2 Å².